The predicted molar refractivity (Wildman–Crippen MR) is 55.5 cm³/mol. The molecule has 0 aromatic rings. The van der Waals surface area contributed by atoms with Crippen LogP contribution < -0.4 is 5.73 Å². The van der Waals surface area contributed by atoms with E-state index in [0.717, 1.165) is 0 Å². The van der Waals surface area contributed by atoms with Gasteiger partial charge in [-0.3, -0.25) is 9.36 Å². The minimum Gasteiger partial charge on any atom is -0.480 e. The van der Waals surface area contributed by atoms with E-state index in [9.17, 15) is 9.36 Å². The molecular formula is C8H18NO5P. The van der Waals surface area contributed by atoms with Gasteiger partial charge in [-0.05, 0) is 18.3 Å². The SMILES string of the molecule is CC(C)C[C@@H](CP(=O)(O)O)[C@H](N)C(=O)O. The number of carboxylic acids is 1. The summed E-state index contributed by atoms with van der Waals surface area (Å²) in [7, 11) is -4.21. The Kier molecular flexibility index (Phi) is 5.45. The van der Waals surface area contributed by atoms with E-state index in [0.29, 0.717) is 6.42 Å². The molecule has 15 heavy (non-hydrogen) atoms. The molecule has 0 unspecified atom stereocenters. The molecule has 6 nitrogen and oxygen atoms in total. The van der Waals surface area contributed by atoms with Crippen LogP contribution in [0.1, 0.15) is 20.3 Å². The van der Waals surface area contributed by atoms with Crippen LogP contribution >= 0.6 is 7.60 Å². The summed E-state index contributed by atoms with van der Waals surface area (Å²) in [6.45, 7) is 3.70. The minimum absolute atomic E-state index is 0.145. The highest BCUT2D eigenvalue weighted by molar-refractivity contribution is 7.51. The van der Waals surface area contributed by atoms with Crippen molar-refractivity contribution in [2.75, 3.05) is 6.16 Å². The van der Waals surface area contributed by atoms with E-state index < -0.39 is 31.7 Å². The lowest BCUT2D eigenvalue weighted by molar-refractivity contribution is -0.139. The summed E-state index contributed by atoms with van der Waals surface area (Å²) in [5.41, 5.74) is 5.37. The van der Waals surface area contributed by atoms with Gasteiger partial charge in [-0.25, -0.2) is 0 Å². The summed E-state index contributed by atoms with van der Waals surface area (Å²) in [5, 5.41) is 8.68. The first-order valence-electron chi connectivity index (χ1n) is 4.66. The Balaban J connectivity index is 4.58. The number of rotatable bonds is 6. The first-order chi connectivity index (χ1) is 6.63. The van der Waals surface area contributed by atoms with Crippen LogP contribution in [-0.2, 0) is 9.36 Å². The molecule has 0 aliphatic carbocycles. The number of hydrogen-bond acceptors (Lipinski definition) is 3. The third-order valence-electron chi connectivity index (χ3n) is 2.04. The van der Waals surface area contributed by atoms with Gasteiger partial charge in [0.25, 0.3) is 0 Å². The van der Waals surface area contributed by atoms with E-state index in [1.165, 1.54) is 0 Å². The normalized spacial score (nSPS) is 16.4. The average Bonchev–Trinajstić information content (AvgIpc) is 1.97. The molecule has 0 aliphatic heterocycles. The molecule has 0 aliphatic rings. The Morgan fingerprint density at radius 2 is 1.87 bits per heavy atom. The minimum atomic E-state index is -4.21. The maximum atomic E-state index is 10.8. The van der Waals surface area contributed by atoms with Crippen LogP contribution in [0.3, 0.4) is 0 Å². The van der Waals surface area contributed by atoms with E-state index >= 15 is 0 Å². The van der Waals surface area contributed by atoms with E-state index in [-0.39, 0.29) is 5.92 Å². The smallest absolute Gasteiger partial charge is 0.325 e. The zero-order valence-electron chi connectivity index (χ0n) is 8.83. The van der Waals surface area contributed by atoms with Crippen LogP contribution in [0.4, 0.5) is 0 Å². The second-order valence-corrected chi connectivity index (χ2v) is 5.80. The molecule has 0 amide bonds. The fraction of sp³-hybridized carbons (Fsp3) is 0.875. The topological polar surface area (TPSA) is 121 Å². The van der Waals surface area contributed by atoms with E-state index in [1.54, 1.807) is 0 Å². The van der Waals surface area contributed by atoms with Gasteiger partial charge in [0, 0.05) is 0 Å². The molecule has 5 N–H and O–H groups in total. The standard InChI is InChI=1S/C8H18NO5P/c1-5(2)3-6(4-15(12,13)14)7(9)8(10)11/h5-7H,3-4,9H2,1-2H3,(H,10,11)(H2,12,13,14)/t6-,7-/m0/s1. The molecule has 0 aromatic heterocycles. The Bertz CT molecular complexity index is 262. The van der Waals surface area contributed by atoms with Gasteiger partial charge in [-0.2, -0.15) is 0 Å². The third-order valence-corrected chi connectivity index (χ3v) is 2.98. The third kappa shape index (κ3) is 6.62. The molecule has 0 radical (unpaired) electrons. The largest absolute Gasteiger partial charge is 0.480 e. The summed E-state index contributed by atoms with van der Waals surface area (Å²) in [5.74, 6) is -1.77. The Morgan fingerprint density at radius 1 is 1.40 bits per heavy atom. The van der Waals surface area contributed by atoms with Crippen LogP contribution in [0.15, 0.2) is 0 Å². The molecule has 7 heteroatoms. The zero-order valence-corrected chi connectivity index (χ0v) is 9.72. The Labute approximate surface area is 88.6 Å². The van der Waals surface area contributed by atoms with Crippen molar-refractivity contribution in [1.29, 1.82) is 0 Å². The van der Waals surface area contributed by atoms with Gasteiger partial charge >= 0.3 is 13.6 Å². The molecule has 0 spiro atoms. The molecule has 0 saturated carbocycles. The van der Waals surface area contributed by atoms with Crippen LogP contribution in [0, 0.1) is 11.8 Å². The first-order valence-corrected chi connectivity index (χ1v) is 6.46. The van der Waals surface area contributed by atoms with Crippen LogP contribution in [-0.4, -0.2) is 33.1 Å². The van der Waals surface area contributed by atoms with Gasteiger partial charge in [-0.15, -0.1) is 0 Å². The van der Waals surface area contributed by atoms with Gasteiger partial charge in [0.2, 0.25) is 0 Å². The van der Waals surface area contributed by atoms with Crippen molar-refractivity contribution in [2.45, 2.75) is 26.3 Å². The Hall–Kier alpha value is -0.420. The molecule has 0 rings (SSSR count). The van der Waals surface area contributed by atoms with Crippen molar-refractivity contribution in [2.24, 2.45) is 17.6 Å². The summed E-state index contributed by atoms with van der Waals surface area (Å²) >= 11 is 0. The molecule has 90 valence electrons. The number of aliphatic carboxylic acids is 1. The lowest BCUT2D eigenvalue weighted by Gasteiger charge is -2.22. The molecule has 0 bridgehead atoms. The van der Waals surface area contributed by atoms with Crippen LogP contribution in [0.2, 0.25) is 0 Å². The van der Waals surface area contributed by atoms with Crippen molar-refractivity contribution < 1.29 is 24.3 Å². The highest BCUT2D eigenvalue weighted by atomic mass is 31.2. The number of hydrogen-bond donors (Lipinski definition) is 4. The van der Waals surface area contributed by atoms with E-state index in [2.05, 4.69) is 0 Å². The summed E-state index contributed by atoms with van der Waals surface area (Å²) in [4.78, 5) is 28.2. The fourth-order valence-corrected chi connectivity index (χ4v) is 2.43. The second-order valence-electron chi connectivity index (χ2n) is 4.10. The molecule has 0 fully saturated rings. The summed E-state index contributed by atoms with van der Waals surface area (Å²) < 4.78 is 10.8. The van der Waals surface area contributed by atoms with Crippen molar-refractivity contribution in [3.8, 4) is 0 Å². The number of nitrogens with two attached hydrogens (primary N) is 1. The van der Waals surface area contributed by atoms with E-state index in [1.807, 2.05) is 13.8 Å². The maximum absolute atomic E-state index is 10.8. The van der Waals surface area contributed by atoms with Crippen LogP contribution in [0.25, 0.3) is 0 Å². The fourth-order valence-electron chi connectivity index (χ4n) is 1.45. The average molecular weight is 239 g/mol. The van der Waals surface area contributed by atoms with Crippen LogP contribution in [0.5, 0.6) is 0 Å². The van der Waals surface area contributed by atoms with Gasteiger partial charge in [0.15, 0.2) is 0 Å². The van der Waals surface area contributed by atoms with Gasteiger partial charge in [-0.1, -0.05) is 13.8 Å². The number of carboxylic acid groups (broad SMARTS) is 1. The maximum Gasteiger partial charge on any atom is 0.325 e. The molecule has 0 saturated heterocycles. The van der Waals surface area contributed by atoms with Gasteiger partial charge in [0.05, 0.1) is 6.16 Å². The lowest BCUT2D eigenvalue weighted by atomic mass is 9.92. The molecule has 2 atom stereocenters. The van der Waals surface area contributed by atoms with Crippen molar-refractivity contribution in [1.82, 2.24) is 0 Å². The quantitative estimate of drug-likeness (QED) is 0.492. The molecule has 0 aromatic carbocycles. The highest BCUT2D eigenvalue weighted by Crippen LogP contribution is 2.39. The van der Waals surface area contributed by atoms with Gasteiger partial charge in [0.1, 0.15) is 6.04 Å². The molecule has 0 heterocycles. The van der Waals surface area contributed by atoms with Crippen molar-refractivity contribution in [3.63, 3.8) is 0 Å². The van der Waals surface area contributed by atoms with Gasteiger partial charge < -0.3 is 20.6 Å². The summed E-state index contributed by atoms with van der Waals surface area (Å²) in [6, 6.07) is -1.22. The second kappa shape index (κ2) is 5.61. The van der Waals surface area contributed by atoms with E-state index in [4.69, 9.17) is 20.6 Å². The Morgan fingerprint density at radius 3 is 2.13 bits per heavy atom. The van der Waals surface area contributed by atoms with Crippen molar-refractivity contribution in [3.05, 3.63) is 0 Å². The predicted octanol–water partition coefficient (Wildman–Crippen LogP) is 0.238. The lowest BCUT2D eigenvalue weighted by Crippen LogP contribution is -2.40. The van der Waals surface area contributed by atoms with Crippen molar-refractivity contribution >= 4 is 13.6 Å². The summed E-state index contributed by atoms with van der Waals surface area (Å²) in [6.07, 6.45) is -0.0861. The zero-order chi connectivity index (χ0) is 12.2. The highest BCUT2D eigenvalue weighted by Gasteiger charge is 2.30. The first kappa shape index (κ1) is 14.6. The monoisotopic (exact) mass is 239 g/mol. The molecular weight excluding hydrogens is 221 g/mol. The number of carbonyl (C=O) groups is 1.